The van der Waals surface area contributed by atoms with E-state index in [0.29, 0.717) is 12.0 Å². The normalized spacial score (nSPS) is 9.90. The summed E-state index contributed by atoms with van der Waals surface area (Å²) in [5.41, 5.74) is 0.331. The van der Waals surface area contributed by atoms with Gasteiger partial charge >= 0.3 is 30.8 Å². The molecule has 0 radical (unpaired) electrons. The molecule has 0 atom stereocenters. The number of aliphatic carboxylic acids is 1. The van der Waals surface area contributed by atoms with Gasteiger partial charge in [-0.25, -0.2) is 4.79 Å². The summed E-state index contributed by atoms with van der Waals surface area (Å²) >= 11 is 0. The van der Waals surface area contributed by atoms with Crippen LogP contribution in [-0.2, 0) is 4.79 Å². The summed E-state index contributed by atoms with van der Waals surface area (Å²) in [7, 11) is 0. The van der Waals surface area contributed by atoms with Gasteiger partial charge in [0.25, 0.3) is 0 Å². The maximum absolute atomic E-state index is 10.3. The molecule has 5 heteroatoms. The zero-order valence-electron chi connectivity index (χ0n) is 18.4. The first-order chi connectivity index (χ1) is 14.1. The van der Waals surface area contributed by atoms with Crippen LogP contribution in [-0.4, -0.2) is 41.0 Å². The Morgan fingerprint density at radius 3 is 1.30 bits per heavy atom. The molecule has 0 amide bonds. The molecule has 1 rings (SSSR count). The monoisotopic (exact) mass is 414 g/mol. The molecule has 2 N–H and O–H groups in total. The van der Waals surface area contributed by atoms with Crippen molar-refractivity contribution < 1.29 is 19.8 Å². The van der Waals surface area contributed by atoms with Gasteiger partial charge in [0.1, 0.15) is 0 Å². The van der Waals surface area contributed by atoms with E-state index in [1.54, 1.807) is 30.3 Å². The van der Waals surface area contributed by atoms with Crippen molar-refractivity contribution in [3.63, 3.8) is 0 Å². The number of carboxylic acid groups (broad SMARTS) is 2. The van der Waals surface area contributed by atoms with Gasteiger partial charge in [0, 0.05) is 6.42 Å². The summed E-state index contributed by atoms with van der Waals surface area (Å²) < 4.78 is 0. The standard InChI is InChI=1S/C18H36O2.C7H6O2.Li.H/c1-2-3-4-5-6-7-8-9-10-11-12-13-14-15-16-17-18(19)20;8-7(9)6-4-2-1-3-5-6;;/h2-17H2,1H3,(H,19,20);1-5H,(H,8,9);;. The Kier molecular flexibility index (Phi) is 24.8. The molecule has 1 aromatic rings. The summed E-state index contributed by atoms with van der Waals surface area (Å²) in [6.07, 6.45) is 20.2. The Hall–Kier alpha value is -1.24. The molecule has 0 bridgehead atoms. The Labute approximate surface area is 196 Å². The van der Waals surface area contributed by atoms with Gasteiger partial charge < -0.3 is 10.2 Å². The van der Waals surface area contributed by atoms with Crippen LogP contribution in [0.1, 0.15) is 120 Å². The number of carbonyl (C=O) groups is 2. The summed E-state index contributed by atoms with van der Waals surface area (Å²) in [6.45, 7) is 2.27. The molecule has 0 saturated carbocycles. The van der Waals surface area contributed by atoms with Crippen molar-refractivity contribution >= 4 is 30.8 Å². The van der Waals surface area contributed by atoms with Crippen LogP contribution in [0.3, 0.4) is 0 Å². The van der Waals surface area contributed by atoms with E-state index in [0.717, 1.165) is 12.8 Å². The first kappa shape index (κ1) is 30.9. The van der Waals surface area contributed by atoms with E-state index in [1.165, 1.54) is 83.5 Å². The average molecular weight is 415 g/mol. The summed E-state index contributed by atoms with van der Waals surface area (Å²) in [4.78, 5) is 20.5. The van der Waals surface area contributed by atoms with Gasteiger partial charge in [-0.2, -0.15) is 0 Å². The molecule has 30 heavy (non-hydrogen) atoms. The SMILES string of the molecule is CCCCCCCCCCCCCCCCCC(=O)O.O=C(O)c1ccccc1.[LiH]. The van der Waals surface area contributed by atoms with E-state index >= 15 is 0 Å². The van der Waals surface area contributed by atoms with Crippen LogP contribution < -0.4 is 0 Å². The molecule has 0 heterocycles. The third-order valence-electron chi connectivity index (χ3n) is 5.01. The minimum absolute atomic E-state index is 0. The van der Waals surface area contributed by atoms with Crippen molar-refractivity contribution in [3.8, 4) is 0 Å². The second-order valence-electron chi connectivity index (χ2n) is 7.76. The zero-order chi connectivity index (χ0) is 21.6. The number of hydrogen-bond donors (Lipinski definition) is 2. The number of hydrogen-bond acceptors (Lipinski definition) is 2. The predicted octanol–water partition coefficient (Wildman–Crippen LogP) is 7.07. The van der Waals surface area contributed by atoms with Crippen molar-refractivity contribution in [2.75, 3.05) is 0 Å². The minimum atomic E-state index is -0.879. The quantitative estimate of drug-likeness (QED) is 0.211. The molecule has 0 aliphatic carbocycles. The average Bonchev–Trinajstić information content (AvgIpc) is 2.72. The summed E-state index contributed by atoms with van der Waals surface area (Å²) in [5, 5.41) is 16.9. The van der Waals surface area contributed by atoms with Crippen molar-refractivity contribution in [3.05, 3.63) is 35.9 Å². The Morgan fingerprint density at radius 1 is 0.633 bits per heavy atom. The van der Waals surface area contributed by atoms with Gasteiger partial charge in [0.05, 0.1) is 5.56 Å². The first-order valence-corrected chi connectivity index (χ1v) is 11.6. The van der Waals surface area contributed by atoms with Crippen LogP contribution in [0, 0.1) is 0 Å². The molecule has 0 aromatic heterocycles. The molecule has 0 fully saturated rings. The van der Waals surface area contributed by atoms with Crippen molar-refractivity contribution in [1.29, 1.82) is 0 Å². The first-order valence-electron chi connectivity index (χ1n) is 11.6. The van der Waals surface area contributed by atoms with E-state index in [9.17, 15) is 9.59 Å². The van der Waals surface area contributed by atoms with E-state index < -0.39 is 11.9 Å². The maximum atomic E-state index is 10.3. The number of benzene rings is 1. The molecule has 1 aromatic carbocycles. The van der Waals surface area contributed by atoms with Gasteiger partial charge in [-0.15, -0.1) is 0 Å². The van der Waals surface area contributed by atoms with Crippen LogP contribution in [0.5, 0.6) is 0 Å². The Bertz CT molecular complexity index is 505. The third kappa shape index (κ3) is 23.0. The Balaban J connectivity index is 0. The molecular formula is C25H43LiO4. The molecule has 0 saturated heterocycles. The second kappa shape index (κ2) is 24.0. The molecule has 4 nitrogen and oxygen atoms in total. The van der Waals surface area contributed by atoms with Crippen molar-refractivity contribution in [2.24, 2.45) is 0 Å². The van der Waals surface area contributed by atoms with Crippen LogP contribution in [0.15, 0.2) is 30.3 Å². The topological polar surface area (TPSA) is 74.6 Å². The number of carboxylic acids is 2. The van der Waals surface area contributed by atoms with E-state index in [4.69, 9.17) is 10.2 Å². The zero-order valence-corrected chi connectivity index (χ0v) is 18.4. The van der Waals surface area contributed by atoms with Crippen LogP contribution in [0.2, 0.25) is 0 Å². The Morgan fingerprint density at radius 2 is 1.00 bits per heavy atom. The van der Waals surface area contributed by atoms with E-state index in [1.807, 2.05) is 0 Å². The molecule has 0 unspecified atom stereocenters. The fourth-order valence-electron chi connectivity index (χ4n) is 3.23. The number of aromatic carboxylic acids is 1. The van der Waals surface area contributed by atoms with Gasteiger partial charge in [-0.05, 0) is 18.6 Å². The number of unbranched alkanes of at least 4 members (excludes halogenated alkanes) is 14. The molecule has 168 valence electrons. The second-order valence-corrected chi connectivity index (χ2v) is 7.76. The van der Waals surface area contributed by atoms with E-state index in [2.05, 4.69) is 6.92 Å². The van der Waals surface area contributed by atoms with Crippen molar-refractivity contribution in [1.82, 2.24) is 0 Å². The molecular weight excluding hydrogens is 371 g/mol. The van der Waals surface area contributed by atoms with Gasteiger partial charge in [0.15, 0.2) is 0 Å². The van der Waals surface area contributed by atoms with Crippen LogP contribution >= 0.6 is 0 Å². The third-order valence-corrected chi connectivity index (χ3v) is 5.01. The van der Waals surface area contributed by atoms with Crippen molar-refractivity contribution in [2.45, 2.75) is 110 Å². The summed E-state index contributed by atoms with van der Waals surface area (Å²) in [5.74, 6) is -1.53. The van der Waals surface area contributed by atoms with Crippen LogP contribution in [0.4, 0.5) is 0 Å². The fourth-order valence-corrected chi connectivity index (χ4v) is 3.23. The molecule has 0 aliphatic heterocycles. The fraction of sp³-hybridized carbons (Fsp3) is 0.680. The van der Waals surface area contributed by atoms with Gasteiger partial charge in [0.2, 0.25) is 0 Å². The van der Waals surface area contributed by atoms with E-state index in [-0.39, 0.29) is 18.9 Å². The summed E-state index contributed by atoms with van der Waals surface area (Å²) in [6, 6.07) is 8.30. The predicted molar refractivity (Wildman–Crippen MR) is 128 cm³/mol. The number of rotatable bonds is 17. The van der Waals surface area contributed by atoms with Crippen LogP contribution in [0.25, 0.3) is 0 Å². The van der Waals surface area contributed by atoms with Gasteiger partial charge in [-0.1, -0.05) is 115 Å². The van der Waals surface area contributed by atoms with Gasteiger partial charge in [-0.3, -0.25) is 4.79 Å². The molecule has 0 spiro atoms. The molecule has 0 aliphatic rings.